The highest BCUT2D eigenvalue weighted by atomic mass is 32.2. The summed E-state index contributed by atoms with van der Waals surface area (Å²) in [5.74, 6) is -1.73. The second-order valence-corrected chi connectivity index (χ2v) is 20.7. The fraction of sp³-hybridized carbons (Fsp3) is 0.619. The molecular weight excluding hydrogens is 725 g/mol. The summed E-state index contributed by atoms with van der Waals surface area (Å²) in [6.45, 7) is 27.1. The second-order valence-electron chi connectivity index (χ2n) is 18.7. The lowest BCUT2D eigenvalue weighted by molar-refractivity contribution is -0.159. The van der Waals surface area contributed by atoms with Crippen molar-refractivity contribution in [3.8, 4) is 11.5 Å². The molecule has 0 spiro atoms. The van der Waals surface area contributed by atoms with E-state index in [1.165, 1.54) is 48.5 Å². The average molecular weight is 789 g/mol. The number of nitrogens with one attached hydrogen (secondary N) is 2. The van der Waals surface area contributed by atoms with Crippen molar-refractivity contribution in [1.82, 2.24) is 10.6 Å². The Bertz CT molecular complexity index is 1620. The minimum absolute atomic E-state index is 0.0365. The van der Waals surface area contributed by atoms with E-state index in [0.717, 1.165) is 0 Å². The van der Waals surface area contributed by atoms with E-state index in [-0.39, 0.29) is 58.4 Å². The normalized spacial score (nSPS) is 13.2. The Hall–Kier alpha value is -3.81. The first-order valence-corrected chi connectivity index (χ1v) is 20.1. The number of benzene rings is 2. The van der Waals surface area contributed by atoms with Gasteiger partial charge >= 0.3 is 23.9 Å². The molecule has 0 fully saturated rings. The first-order chi connectivity index (χ1) is 24.9. The van der Waals surface area contributed by atoms with Crippen LogP contribution >= 0.6 is 0 Å². The van der Waals surface area contributed by atoms with Gasteiger partial charge in [0.25, 0.3) is 0 Å². The van der Waals surface area contributed by atoms with Crippen LogP contribution in [0.15, 0.2) is 58.3 Å². The number of hydrogen-bond acceptors (Lipinski definition) is 12. The zero-order valence-corrected chi connectivity index (χ0v) is 36.2. The van der Waals surface area contributed by atoms with Crippen molar-refractivity contribution in [2.75, 3.05) is 26.3 Å². The summed E-state index contributed by atoms with van der Waals surface area (Å²) in [6.07, 6.45) is 0.310. The zero-order chi connectivity index (χ0) is 42.3. The SMILES string of the molecule is CC(C)(C)NCCOC(=O)C(C)(C)CC(C)(C)C(=O)Oc1ccc(S(=O)(=O)c2ccc(OC(=O)C(C)(C)CC(C)(C)C(=O)OCCNC(C)(C)C)cc2)cc1. The third-order valence-corrected chi connectivity index (χ3v) is 10.4. The van der Waals surface area contributed by atoms with Crippen LogP contribution in [0.25, 0.3) is 0 Å². The molecule has 0 heterocycles. The lowest BCUT2D eigenvalue weighted by Gasteiger charge is -2.31. The molecule has 0 amide bonds. The molecule has 0 saturated heterocycles. The van der Waals surface area contributed by atoms with Gasteiger partial charge in [0.2, 0.25) is 9.84 Å². The van der Waals surface area contributed by atoms with E-state index in [2.05, 4.69) is 10.6 Å². The molecule has 0 saturated carbocycles. The fourth-order valence-electron chi connectivity index (χ4n) is 6.03. The third-order valence-electron chi connectivity index (χ3n) is 8.65. The van der Waals surface area contributed by atoms with Crippen molar-refractivity contribution in [1.29, 1.82) is 0 Å². The Morgan fingerprint density at radius 3 is 1.02 bits per heavy atom. The first-order valence-electron chi connectivity index (χ1n) is 18.6. The summed E-state index contributed by atoms with van der Waals surface area (Å²) in [4.78, 5) is 52.0. The molecule has 2 N–H and O–H groups in total. The van der Waals surface area contributed by atoms with Crippen LogP contribution in [0.2, 0.25) is 0 Å². The van der Waals surface area contributed by atoms with Crippen molar-refractivity contribution >= 4 is 33.7 Å². The molecule has 2 aromatic carbocycles. The monoisotopic (exact) mass is 788 g/mol. The smallest absolute Gasteiger partial charge is 0.316 e. The molecule has 308 valence electrons. The quantitative estimate of drug-likeness (QED) is 0.0898. The lowest BCUT2D eigenvalue weighted by Crippen LogP contribution is -2.40. The van der Waals surface area contributed by atoms with Gasteiger partial charge in [-0.15, -0.1) is 0 Å². The number of esters is 4. The second kappa shape index (κ2) is 18.0. The summed E-state index contributed by atoms with van der Waals surface area (Å²) >= 11 is 0. The number of carbonyl (C=O) groups is 4. The Morgan fingerprint density at radius 1 is 0.473 bits per heavy atom. The minimum atomic E-state index is -3.98. The maximum Gasteiger partial charge on any atom is 0.316 e. The number of ether oxygens (including phenoxy) is 4. The molecule has 0 aliphatic rings. The fourth-order valence-corrected chi connectivity index (χ4v) is 7.29. The van der Waals surface area contributed by atoms with Gasteiger partial charge in [-0.1, -0.05) is 0 Å². The Balaban J connectivity index is 2.02. The van der Waals surface area contributed by atoms with Gasteiger partial charge in [0, 0.05) is 24.2 Å². The largest absolute Gasteiger partial charge is 0.464 e. The molecule has 0 radical (unpaired) electrons. The van der Waals surface area contributed by atoms with Gasteiger partial charge in [0.05, 0.1) is 31.5 Å². The Kier molecular flexibility index (Phi) is 15.5. The van der Waals surface area contributed by atoms with Crippen molar-refractivity contribution < 1.29 is 46.5 Å². The number of carbonyl (C=O) groups excluding carboxylic acids is 4. The molecule has 2 aromatic rings. The van der Waals surface area contributed by atoms with Crippen LogP contribution in [0, 0.1) is 21.7 Å². The molecule has 0 aromatic heterocycles. The van der Waals surface area contributed by atoms with E-state index in [0.29, 0.717) is 13.1 Å². The van der Waals surface area contributed by atoms with Gasteiger partial charge in [-0.2, -0.15) is 0 Å². The van der Waals surface area contributed by atoms with E-state index in [4.69, 9.17) is 18.9 Å². The highest BCUT2D eigenvalue weighted by Gasteiger charge is 2.42. The van der Waals surface area contributed by atoms with E-state index < -0.39 is 55.4 Å². The predicted molar refractivity (Wildman–Crippen MR) is 211 cm³/mol. The maximum atomic E-state index is 13.4. The lowest BCUT2D eigenvalue weighted by atomic mass is 9.75. The summed E-state index contributed by atoms with van der Waals surface area (Å²) < 4.78 is 49.0. The minimum Gasteiger partial charge on any atom is -0.464 e. The number of sulfone groups is 1. The number of rotatable bonds is 18. The van der Waals surface area contributed by atoms with Crippen LogP contribution in [0.5, 0.6) is 11.5 Å². The van der Waals surface area contributed by atoms with Crippen molar-refractivity contribution in [3.63, 3.8) is 0 Å². The zero-order valence-electron chi connectivity index (χ0n) is 35.4. The summed E-state index contributed by atoms with van der Waals surface area (Å²) in [6, 6.07) is 10.9. The van der Waals surface area contributed by atoms with Crippen molar-refractivity contribution in [2.45, 2.75) is 131 Å². The predicted octanol–water partition coefficient (Wildman–Crippen LogP) is 7.08. The molecule has 0 aliphatic carbocycles. The molecule has 13 heteroatoms. The highest BCUT2D eigenvalue weighted by Crippen LogP contribution is 2.38. The molecule has 2 rings (SSSR count). The van der Waals surface area contributed by atoms with E-state index in [1.54, 1.807) is 55.4 Å². The van der Waals surface area contributed by atoms with Gasteiger partial charge < -0.3 is 29.6 Å². The molecule has 0 bridgehead atoms. The Morgan fingerprint density at radius 2 is 0.745 bits per heavy atom. The molecule has 0 atom stereocenters. The maximum absolute atomic E-state index is 13.4. The average Bonchev–Trinajstić information content (AvgIpc) is 3.03. The van der Waals surface area contributed by atoms with Crippen molar-refractivity contribution in [3.05, 3.63) is 48.5 Å². The van der Waals surface area contributed by atoms with Gasteiger partial charge in [-0.25, -0.2) is 8.42 Å². The van der Waals surface area contributed by atoms with E-state index in [9.17, 15) is 27.6 Å². The van der Waals surface area contributed by atoms with Crippen LogP contribution in [0.4, 0.5) is 0 Å². The standard InChI is InChI=1S/C42H64N2O10S/c1-37(2,3)43-23-25-51-33(45)39(7,8)27-41(11,12)35(47)53-29-15-19-31(20-16-29)55(49,50)32-21-17-30(18-22-32)54-36(48)42(13,14)28-40(9,10)34(46)52-26-24-44-38(4,5)6/h15-22,43-44H,23-28H2,1-14H3. The summed E-state index contributed by atoms with van der Waals surface area (Å²) in [5, 5.41) is 6.51. The van der Waals surface area contributed by atoms with Crippen LogP contribution < -0.4 is 20.1 Å². The van der Waals surface area contributed by atoms with Crippen LogP contribution in [0.1, 0.15) is 110 Å². The summed E-state index contributed by atoms with van der Waals surface area (Å²) in [7, 11) is -3.98. The van der Waals surface area contributed by atoms with Gasteiger partial charge in [0.15, 0.2) is 0 Å². The van der Waals surface area contributed by atoms with Gasteiger partial charge in [-0.3, -0.25) is 19.2 Å². The molecule has 12 nitrogen and oxygen atoms in total. The third kappa shape index (κ3) is 15.0. The van der Waals surface area contributed by atoms with E-state index >= 15 is 0 Å². The van der Waals surface area contributed by atoms with Crippen LogP contribution in [0.3, 0.4) is 0 Å². The van der Waals surface area contributed by atoms with Crippen LogP contribution in [-0.4, -0.2) is 69.7 Å². The molecule has 0 unspecified atom stereocenters. The molecular formula is C42H64N2O10S. The highest BCUT2D eigenvalue weighted by molar-refractivity contribution is 7.91. The van der Waals surface area contributed by atoms with Crippen LogP contribution in [-0.2, 0) is 38.5 Å². The van der Waals surface area contributed by atoms with Gasteiger partial charge in [0.1, 0.15) is 24.7 Å². The first kappa shape index (κ1) is 47.3. The Labute approximate surface area is 328 Å². The topological polar surface area (TPSA) is 163 Å². The number of hydrogen-bond donors (Lipinski definition) is 2. The van der Waals surface area contributed by atoms with Crippen molar-refractivity contribution in [2.24, 2.45) is 21.7 Å². The molecule has 55 heavy (non-hydrogen) atoms. The molecule has 0 aliphatic heterocycles. The van der Waals surface area contributed by atoms with Gasteiger partial charge in [-0.05, 0) is 158 Å². The van der Waals surface area contributed by atoms with E-state index in [1.807, 2.05) is 41.5 Å². The summed E-state index contributed by atoms with van der Waals surface area (Å²) in [5.41, 5.74) is -4.29.